The number of piperidine rings is 1. The SMILES string of the molecule is CC(C)(C1CCNCC1)S(=O)(=O)c1cc(F)cc(C(F)(F)F)c1. The zero-order chi connectivity index (χ0) is 17.5. The maximum atomic E-state index is 13.5. The van der Waals surface area contributed by atoms with Crippen LogP contribution in [0.1, 0.15) is 32.3 Å². The van der Waals surface area contributed by atoms with Crippen molar-refractivity contribution in [3.05, 3.63) is 29.6 Å². The first kappa shape index (κ1) is 18.2. The molecule has 0 atom stereocenters. The summed E-state index contributed by atoms with van der Waals surface area (Å²) in [6.07, 6.45) is -3.59. The van der Waals surface area contributed by atoms with Gasteiger partial charge in [-0.3, -0.25) is 0 Å². The van der Waals surface area contributed by atoms with Crippen molar-refractivity contribution >= 4 is 9.84 Å². The fourth-order valence-electron chi connectivity index (χ4n) is 2.92. The van der Waals surface area contributed by atoms with Crippen molar-refractivity contribution in [2.24, 2.45) is 5.92 Å². The molecular weight excluding hydrogens is 334 g/mol. The van der Waals surface area contributed by atoms with Crippen LogP contribution < -0.4 is 5.32 Å². The summed E-state index contributed by atoms with van der Waals surface area (Å²) in [7, 11) is -4.11. The van der Waals surface area contributed by atoms with Crippen LogP contribution >= 0.6 is 0 Å². The second kappa shape index (κ2) is 6.05. The third-order valence-electron chi connectivity index (χ3n) is 4.52. The van der Waals surface area contributed by atoms with Crippen molar-refractivity contribution in [1.82, 2.24) is 5.32 Å². The molecule has 2 rings (SSSR count). The Balaban J connectivity index is 2.48. The molecule has 1 aromatic carbocycles. The molecule has 23 heavy (non-hydrogen) atoms. The Bertz CT molecular complexity index is 677. The number of benzene rings is 1. The van der Waals surface area contributed by atoms with Crippen molar-refractivity contribution in [1.29, 1.82) is 0 Å². The Morgan fingerprint density at radius 3 is 2.17 bits per heavy atom. The van der Waals surface area contributed by atoms with Crippen LogP contribution in [0.2, 0.25) is 0 Å². The van der Waals surface area contributed by atoms with Crippen molar-refractivity contribution in [2.75, 3.05) is 13.1 Å². The molecule has 0 amide bonds. The van der Waals surface area contributed by atoms with Gasteiger partial charge in [-0.1, -0.05) is 0 Å². The molecule has 1 saturated heterocycles. The summed E-state index contributed by atoms with van der Waals surface area (Å²) in [5.74, 6) is -1.41. The van der Waals surface area contributed by atoms with Crippen LogP contribution in [-0.4, -0.2) is 26.3 Å². The molecule has 0 spiro atoms. The van der Waals surface area contributed by atoms with E-state index in [1.165, 1.54) is 13.8 Å². The Morgan fingerprint density at radius 2 is 1.65 bits per heavy atom. The average Bonchev–Trinajstić information content (AvgIpc) is 2.46. The van der Waals surface area contributed by atoms with Gasteiger partial charge >= 0.3 is 6.18 Å². The van der Waals surface area contributed by atoms with E-state index in [-0.39, 0.29) is 5.92 Å². The lowest BCUT2D eigenvalue weighted by Crippen LogP contribution is -2.45. The van der Waals surface area contributed by atoms with Crippen molar-refractivity contribution < 1.29 is 26.0 Å². The molecule has 1 fully saturated rings. The van der Waals surface area contributed by atoms with E-state index in [0.29, 0.717) is 44.1 Å². The Hall–Kier alpha value is -1.15. The van der Waals surface area contributed by atoms with Crippen molar-refractivity contribution in [3.63, 3.8) is 0 Å². The molecule has 1 heterocycles. The Morgan fingerprint density at radius 1 is 1.09 bits per heavy atom. The Kier molecular flexibility index (Phi) is 4.79. The molecule has 3 nitrogen and oxygen atoms in total. The van der Waals surface area contributed by atoms with Crippen LogP contribution in [0.5, 0.6) is 0 Å². The molecule has 0 aliphatic carbocycles. The molecule has 1 aliphatic rings. The molecule has 0 aromatic heterocycles. The first-order valence-corrected chi connectivity index (χ1v) is 8.78. The van der Waals surface area contributed by atoms with Crippen LogP contribution in [-0.2, 0) is 16.0 Å². The lowest BCUT2D eigenvalue weighted by atomic mass is 9.86. The van der Waals surface area contributed by atoms with Crippen molar-refractivity contribution in [3.8, 4) is 0 Å². The standard InChI is InChI=1S/C15H19F4NO2S/c1-14(2,10-3-5-20-6-4-10)23(21,22)13-8-11(15(17,18)19)7-12(16)9-13/h7-10,20H,3-6H2,1-2H3. The third-order valence-corrected chi connectivity index (χ3v) is 7.10. The fraction of sp³-hybridized carbons (Fsp3) is 0.600. The van der Waals surface area contributed by atoms with E-state index in [2.05, 4.69) is 5.32 Å². The number of hydrogen-bond donors (Lipinski definition) is 1. The topological polar surface area (TPSA) is 46.2 Å². The van der Waals surface area contributed by atoms with E-state index in [4.69, 9.17) is 0 Å². The molecule has 0 bridgehead atoms. The quantitative estimate of drug-likeness (QED) is 0.848. The lowest BCUT2D eigenvalue weighted by Gasteiger charge is -2.36. The average molecular weight is 353 g/mol. The van der Waals surface area contributed by atoms with E-state index in [9.17, 15) is 26.0 Å². The van der Waals surface area contributed by atoms with Crippen LogP contribution in [0.3, 0.4) is 0 Å². The molecule has 0 saturated carbocycles. The summed E-state index contributed by atoms with van der Waals surface area (Å²) in [6.45, 7) is 4.30. The molecule has 1 aromatic rings. The van der Waals surface area contributed by atoms with Gasteiger partial charge in [-0.15, -0.1) is 0 Å². The van der Waals surface area contributed by atoms with E-state index >= 15 is 0 Å². The molecule has 1 aliphatic heterocycles. The largest absolute Gasteiger partial charge is 0.416 e. The van der Waals surface area contributed by atoms with Crippen LogP contribution in [0.25, 0.3) is 0 Å². The number of hydrogen-bond acceptors (Lipinski definition) is 3. The summed E-state index contributed by atoms with van der Waals surface area (Å²) in [4.78, 5) is -0.617. The number of rotatable bonds is 3. The molecule has 0 radical (unpaired) electrons. The maximum absolute atomic E-state index is 13.5. The molecule has 0 unspecified atom stereocenters. The van der Waals surface area contributed by atoms with Gasteiger partial charge < -0.3 is 5.32 Å². The Labute approximate surface area is 133 Å². The molecule has 130 valence electrons. The number of nitrogens with one attached hydrogen (secondary N) is 1. The zero-order valence-electron chi connectivity index (χ0n) is 12.9. The van der Waals surface area contributed by atoms with E-state index in [1.807, 2.05) is 0 Å². The van der Waals surface area contributed by atoms with Gasteiger partial charge in [0, 0.05) is 0 Å². The van der Waals surface area contributed by atoms with Gasteiger partial charge in [-0.05, 0) is 63.9 Å². The zero-order valence-corrected chi connectivity index (χ0v) is 13.7. The summed E-state index contributed by atoms with van der Waals surface area (Å²) in [5, 5.41) is 3.11. The fourth-order valence-corrected chi connectivity index (χ4v) is 4.75. The van der Waals surface area contributed by atoms with Crippen LogP contribution in [0, 0.1) is 11.7 Å². The minimum atomic E-state index is -4.80. The first-order chi connectivity index (χ1) is 10.5. The summed E-state index contributed by atoms with van der Waals surface area (Å²) >= 11 is 0. The second-order valence-electron chi connectivity index (χ2n) is 6.30. The van der Waals surface area contributed by atoms with Crippen molar-refractivity contribution in [2.45, 2.75) is 42.5 Å². The highest BCUT2D eigenvalue weighted by Gasteiger charge is 2.44. The summed E-state index contributed by atoms with van der Waals surface area (Å²) in [6, 6.07) is 1.48. The highest BCUT2D eigenvalue weighted by atomic mass is 32.2. The third kappa shape index (κ3) is 3.52. The first-order valence-electron chi connectivity index (χ1n) is 7.29. The summed E-state index contributed by atoms with van der Waals surface area (Å²) < 4.78 is 76.4. The van der Waals surface area contributed by atoms with E-state index in [1.54, 1.807) is 0 Å². The minimum absolute atomic E-state index is 0.202. The van der Waals surface area contributed by atoms with Gasteiger partial charge in [0.25, 0.3) is 0 Å². The predicted molar refractivity (Wildman–Crippen MR) is 78.3 cm³/mol. The van der Waals surface area contributed by atoms with E-state index < -0.39 is 37.0 Å². The smallest absolute Gasteiger partial charge is 0.317 e. The van der Waals surface area contributed by atoms with Crippen LogP contribution in [0.4, 0.5) is 17.6 Å². The van der Waals surface area contributed by atoms with Gasteiger partial charge in [0.2, 0.25) is 0 Å². The van der Waals surface area contributed by atoms with Gasteiger partial charge in [-0.25, -0.2) is 12.8 Å². The normalized spacial score (nSPS) is 18.2. The van der Waals surface area contributed by atoms with E-state index in [0.717, 1.165) is 0 Å². The van der Waals surface area contributed by atoms with Gasteiger partial charge in [0.05, 0.1) is 15.2 Å². The van der Waals surface area contributed by atoms with Gasteiger partial charge in [-0.2, -0.15) is 13.2 Å². The predicted octanol–water partition coefficient (Wildman–Crippen LogP) is 3.40. The summed E-state index contributed by atoms with van der Waals surface area (Å²) in [5.41, 5.74) is -1.29. The highest BCUT2D eigenvalue weighted by Crippen LogP contribution is 2.39. The molecule has 1 N–H and O–H groups in total. The second-order valence-corrected chi connectivity index (χ2v) is 8.84. The molecule has 8 heteroatoms. The minimum Gasteiger partial charge on any atom is -0.317 e. The van der Waals surface area contributed by atoms with Crippen LogP contribution in [0.15, 0.2) is 23.1 Å². The highest BCUT2D eigenvalue weighted by molar-refractivity contribution is 7.92. The lowest BCUT2D eigenvalue weighted by molar-refractivity contribution is -0.137. The van der Waals surface area contributed by atoms with Gasteiger partial charge in [0.15, 0.2) is 9.84 Å². The molecular formula is C15H19F4NO2S. The maximum Gasteiger partial charge on any atom is 0.416 e. The van der Waals surface area contributed by atoms with Gasteiger partial charge in [0.1, 0.15) is 5.82 Å². The number of halogens is 4. The number of alkyl halides is 3. The monoisotopic (exact) mass is 353 g/mol. The number of sulfone groups is 1.